The number of furan rings is 1. The first kappa shape index (κ1) is 22.7. The van der Waals surface area contributed by atoms with E-state index in [1.165, 1.54) is 27.0 Å². The number of aryl methyl sites for hydroxylation is 2. The first-order valence-electron chi connectivity index (χ1n) is 9.12. The lowest BCUT2D eigenvalue weighted by molar-refractivity contribution is -0.119. The van der Waals surface area contributed by atoms with Gasteiger partial charge in [-0.1, -0.05) is 6.07 Å². The molecule has 0 saturated carbocycles. The highest BCUT2D eigenvalue weighted by molar-refractivity contribution is 6.10. The number of benzene rings is 1. The van der Waals surface area contributed by atoms with Crippen LogP contribution >= 0.6 is 0 Å². The van der Waals surface area contributed by atoms with Crippen molar-refractivity contribution in [2.75, 3.05) is 25.6 Å². The van der Waals surface area contributed by atoms with Gasteiger partial charge in [-0.3, -0.25) is 14.9 Å². The standard InChI is InChI=1S/C21H23NO8/c1-6-28-21(26)18-17(12(3)23)13(4)30-19(18)22-16(24)10-29-20(25)14-8-7-11(2)15(9-14)27-5/h7-9H,6,10H2,1-5H3,(H,22,24). The molecule has 0 radical (unpaired) electrons. The highest BCUT2D eigenvalue weighted by atomic mass is 16.5. The van der Waals surface area contributed by atoms with Crippen molar-refractivity contribution in [3.05, 3.63) is 46.2 Å². The normalized spacial score (nSPS) is 10.3. The van der Waals surface area contributed by atoms with Gasteiger partial charge in [0, 0.05) is 0 Å². The van der Waals surface area contributed by atoms with Crippen molar-refractivity contribution in [3.8, 4) is 5.75 Å². The van der Waals surface area contributed by atoms with Gasteiger partial charge in [0.25, 0.3) is 5.91 Å². The summed E-state index contributed by atoms with van der Waals surface area (Å²) in [6.45, 7) is 5.63. The van der Waals surface area contributed by atoms with Gasteiger partial charge in [-0.05, 0) is 45.4 Å². The number of carbonyl (C=O) groups excluding carboxylic acids is 4. The van der Waals surface area contributed by atoms with Gasteiger partial charge in [0.2, 0.25) is 5.88 Å². The number of hydrogen-bond acceptors (Lipinski definition) is 8. The van der Waals surface area contributed by atoms with Crippen molar-refractivity contribution >= 4 is 29.5 Å². The van der Waals surface area contributed by atoms with Crippen molar-refractivity contribution in [1.82, 2.24) is 0 Å². The minimum Gasteiger partial charge on any atom is -0.496 e. The van der Waals surface area contributed by atoms with E-state index in [2.05, 4.69) is 5.32 Å². The molecule has 0 fully saturated rings. The molecule has 0 unspecified atom stereocenters. The Hall–Kier alpha value is -3.62. The van der Waals surface area contributed by atoms with E-state index in [0.717, 1.165) is 5.56 Å². The average Bonchev–Trinajstić information content (AvgIpc) is 3.02. The molecule has 9 nitrogen and oxygen atoms in total. The number of esters is 2. The fourth-order valence-electron chi connectivity index (χ4n) is 2.78. The number of anilines is 1. The van der Waals surface area contributed by atoms with Crippen molar-refractivity contribution in [2.45, 2.75) is 27.7 Å². The zero-order valence-electron chi connectivity index (χ0n) is 17.4. The minimum absolute atomic E-state index is 0.0208. The maximum atomic E-state index is 12.2. The third-order valence-corrected chi connectivity index (χ3v) is 4.15. The molecule has 160 valence electrons. The van der Waals surface area contributed by atoms with Crippen LogP contribution in [0.5, 0.6) is 5.75 Å². The lowest BCUT2D eigenvalue weighted by Crippen LogP contribution is -2.22. The molecule has 9 heteroatoms. The first-order valence-corrected chi connectivity index (χ1v) is 9.12. The Morgan fingerprint density at radius 3 is 2.33 bits per heavy atom. The fourth-order valence-corrected chi connectivity index (χ4v) is 2.78. The lowest BCUT2D eigenvalue weighted by Gasteiger charge is -2.09. The Kier molecular flexibility index (Phi) is 7.35. The van der Waals surface area contributed by atoms with Crippen LogP contribution in [0.15, 0.2) is 22.6 Å². The summed E-state index contributed by atoms with van der Waals surface area (Å²) >= 11 is 0. The SMILES string of the molecule is CCOC(=O)c1c(NC(=O)COC(=O)c2ccc(C)c(OC)c2)oc(C)c1C(C)=O. The first-order chi connectivity index (χ1) is 14.2. The van der Waals surface area contributed by atoms with Crippen LogP contribution in [0.1, 0.15) is 56.2 Å². The van der Waals surface area contributed by atoms with Crippen LogP contribution in [0.25, 0.3) is 0 Å². The van der Waals surface area contributed by atoms with Crippen LogP contribution < -0.4 is 10.1 Å². The van der Waals surface area contributed by atoms with E-state index in [1.807, 2.05) is 6.92 Å². The second-order valence-corrected chi connectivity index (χ2v) is 6.32. The highest BCUT2D eigenvalue weighted by Crippen LogP contribution is 2.28. The number of carbonyl (C=O) groups is 4. The molecule has 0 saturated heterocycles. The number of nitrogens with one attached hydrogen (secondary N) is 1. The molecule has 0 aliphatic carbocycles. The second kappa shape index (κ2) is 9.73. The summed E-state index contributed by atoms with van der Waals surface area (Å²) in [5.74, 6) is -2.28. The summed E-state index contributed by atoms with van der Waals surface area (Å²) in [6.07, 6.45) is 0. The predicted molar refractivity (Wildman–Crippen MR) is 106 cm³/mol. The molecule has 30 heavy (non-hydrogen) atoms. The maximum absolute atomic E-state index is 12.2. The largest absolute Gasteiger partial charge is 0.496 e. The minimum atomic E-state index is -0.807. The molecule has 0 aliphatic heterocycles. The average molecular weight is 417 g/mol. The Morgan fingerprint density at radius 1 is 1.03 bits per heavy atom. The summed E-state index contributed by atoms with van der Waals surface area (Å²) < 4.78 is 20.5. The quantitative estimate of drug-likeness (QED) is 0.514. The summed E-state index contributed by atoms with van der Waals surface area (Å²) in [6, 6.07) is 4.74. The van der Waals surface area contributed by atoms with Crippen LogP contribution in [0.2, 0.25) is 0 Å². The molecule has 0 bridgehead atoms. The van der Waals surface area contributed by atoms with Crippen LogP contribution in [0.3, 0.4) is 0 Å². The summed E-state index contributed by atoms with van der Waals surface area (Å²) in [7, 11) is 1.48. The van der Waals surface area contributed by atoms with Crippen LogP contribution in [-0.2, 0) is 14.3 Å². The van der Waals surface area contributed by atoms with Gasteiger partial charge in [0.1, 0.15) is 17.1 Å². The Morgan fingerprint density at radius 2 is 1.73 bits per heavy atom. The number of amides is 1. The second-order valence-electron chi connectivity index (χ2n) is 6.32. The zero-order chi connectivity index (χ0) is 22.4. The molecule has 1 aromatic carbocycles. The summed E-state index contributed by atoms with van der Waals surface area (Å²) in [4.78, 5) is 48.6. The molecule has 1 heterocycles. The van der Waals surface area contributed by atoms with Crippen molar-refractivity contribution < 1.29 is 37.8 Å². The van der Waals surface area contributed by atoms with E-state index in [0.29, 0.717) is 5.75 Å². The van der Waals surface area contributed by atoms with E-state index in [4.69, 9.17) is 18.6 Å². The smallest absolute Gasteiger partial charge is 0.344 e. The summed E-state index contributed by atoms with van der Waals surface area (Å²) in [5.41, 5.74) is 0.898. The highest BCUT2D eigenvalue weighted by Gasteiger charge is 2.29. The molecule has 1 amide bonds. The van der Waals surface area contributed by atoms with Crippen molar-refractivity contribution in [3.63, 3.8) is 0 Å². The number of hydrogen-bond donors (Lipinski definition) is 1. The number of ketones is 1. The Labute approximate surface area is 173 Å². The van der Waals surface area contributed by atoms with E-state index >= 15 is 0 Å². The monoisotopic (exact) mass is 417 g/mol. The zero-order valence-corrected chi connectivity index (χ0v) is 17.4. The number of methoxy groups -OCH3 is 1. The van der Waals surface area contributed by atoms with E-state index in [9.17, 15) is 19.2 Å². The van der Waals surface area contributed by atoms with Crippen molar-refractivity contribution in [1.29, 1.82) is 0 Å². The van der Waals surface area contributed by atoms with Crippen LogP contribution in [0.4, 0.5) is 5.88 Å². The number of ether oxygens (including phenoxy) is 3. The van der Waals surface area contributed by atoms with Crippen molar-refractivity contribution in [2.24, 2.45) is 0 Å². The fraction of sp³-hybridized carbons (Fsp3) is 0.333. The third kappa shape index (κ3) is 5.05. The molecule has 0 atom stereocenters. The van der Waals surface area contributed by atoms with Gasteiger partial charge in [0.05, 0.1) is 24.8 Å². The van der Waals surface area contributed by atoms with Gasteiger partial charge < -0.3 is 18.6 Å². The molecule has 1 N–H and O–H groups in total. The van der Waals surface area contributed by atoms with Gasteiger partial charge >= 0.3 is 11.9 Å². The molecule has 0 aliphatic rings. The number of Topliss-reactive ketones (excluding diaryl/α,β-unsaturated/α-hetero) is 1. The topological polar surface area (TPSA) is 121 Å². The third-order valence-electron chi connectivity index (χ3n) is 4.15. The summed E-state index contributed by atoms with van der Waals surface area (Å²) in [5, 5.41) is 2.34. The van der Waals surface area contributed by atoms with Gasteiger partial charge in [0.15, 0.2) is 12.4 Å². The van der Waals surface area contributed by atoms with Crippen LogP contribution in [-0.4, -0.2) is 44.0 Å². The van der Waals surface area contributed by atoms with Crippen LogP contribution in [0, 0.1) is 13.8 Å². The molecule has 1 aromatic heterocycles. The predicted octanol–water partition coefficient (Wildman–Crippen LogP) is 3.08. The van der Waals surface area contributed by atoms with E-state index in [1.54, 1.807) is 19.1 Å². The molecule has 2 aromatic rings. The van der Waals surface area contributed by atoms with E-state index < -0.39 is 30.2 Å². The molecule has 0 spiro atoms. The van der Waals surface area contributed by atoms with Gasteiger partial charge in [-0.25, -0.2) is 9.59 Å². The Balaban J connectivity index is 2.13. The van der Waals surface area contributed by atoms with Gasteiger partial charge in [-0.15, -0.1) is 0 Å². The molecular weight excluding hydrogens is 394 g/mol. The number of rotatable bonds is 8. The molecule has 2 rings (SSSR count). The van der Waals surface area contributed by atoms with E-state index in [-0.39, 0.29) is 34.9 Å². The Bertz CT molecular complexity index is 989. The maximum Gasteiger partial charge on any atom is 0.344 e. The van der Waals surface area contributed by atoms with Gasteiger partial charge in [-0.2, -0.15) is 0 Å². The lowest BCUT2D eigenvalue weighted by atomic mass is 10.1. The molecular formula is C21H23NO8.